The second kappa shape index (κ2) is 11.3. The molecule has 0 aliphatic heterocycles. The number of ether oxygens (including phenoxy) is 2. The summed E-state index contributed by atoms with van der Waals surface area (Å²) in [6, 6.07) is 9.35. The van der Waals surface area contributed by atoms with Gasteiger partial charge in [0.1, 0.15) is 12.2 Å². The first-order chi connectivity index (χ1) is 12.3. The number of nitrogens with one attached hydrogen (secondary N) is 1. The van der Waals surface area contributed by atoms with E-state index in [0.717, 1.165) is 5.56 Å². The molecule has 0 aliphatic rings. The van der Waals surface area contributed by atoms with E-state index in [2.05, 4.69) is 5.32 Å². The molecule has 0 bridgehead atoms. The molecule has 1 aromatic rings. The van der Waals surface area contributed by atoms with Crippen LogP contribution in [0.15, 0.2) is 30.3 Å². The molecule has 0 saturated carbocycles. The van der Waals surface area contributed by atoms with Gasteiger partial charge in [-0.3, -0.25) is 4.39 Å². The lowest BCUT2D eigenvalue weighted by atomic mass is 10.2. The molecule has 0 atom stereocenters. The number of benzene rings is 1. The van der Waals surface area contributed by atoms with E-state index in [1.54, 1.807) is 20.8 Å². The molecule has 0 aliphatic carbocycles. The first-order valence-corrected chi connectivity index (χ1v) is 8.80. The number of hydrogen-bond acceptors (Lipinski definition) is 4. The van der Waals surface area contributed by atoms with E-state index in [1.807, 2.05) is 30.3 Å². The summed E-state index contributed by atoms with van der Waals surface area (Å²) in [6.45, 7) is 5.92. The Morgan fingerprint density at radius 1 is 1.12 bits per heavy atom. The van der Waals surface area contributed by atoms with Crippen molar-refractivity contribution in [1.29, 1.82) is 0 Å². The zero-order valence-electron chi connectivity index (χ0n) is 15.8. The largest absolute Gasteiger partial charge is 0.445 e. The zero-order valence-corrected chi connectivity index (χ0v) is 15.8. The Labute approximate surface area is 154 Å². The fourth-order valence-electron chi connectivity index (χ4n) is 2.11. The summed E-state index contributed by atoms with van der Waals surface area (Å²) in [6.07, 6.45) is -0.122. The number of halogens is 1. The number of amides is 2. The van der Waals surface area contributed by atoms with Gasteiger partial charge in [-0.25, -0.2) is 9.59 Å². The fourth-order valence-corrected chi connectivity index (χ4v) is 2.11. The Balaban J connectivity index is 2.46. The van der Waals surface area contributed by atoms with Crippen molar-refractivity contribution in [2.24, 2.45) is 0 Å². The quantitative estimate of drug-likeness (QED) is 0.671. The number of alkyl halides is 1. The number of unbranched alkanes of at least 4 members (excludes halogenated alkanes) is 1. The van der Waals surface area contributed by atoms with Gasteiger partial charge in [-0.05, 0) is 39.2 Å². The minimum atomic E-state index is -0.584. The van der Waals surface area contributed by atoms with Gasteiger partial charge in [0.25, 0.3) is 0 Å². The predicted molar refractivity (Wildman–Crippen MR) is 97.6 cm³/mol. The molecule has 0 radical (unpaired) electrons. The van der Waals surface area contributed by atoms with E-state index in [1.165, 1.54) is 4.90 Å². The Morgan fingerprint density at radius 3 is 2.42 bits per heavy atom. The van der Waals surface area contributed by atoms with E-state index in [4.69, 9.17) is 9.47 Å². The van der Waals surface area contributed by atoms with Crippen molar-refractivity contribution in [2.45, 2.75) is 45.8 Å². The third kappa shape index (κ3) is 9.86. The van der Waals surface area contributed by atoms with Crippen LogP contribution in [-0.4, -0.2) is 49.0 Å². The maximum atomic E-state index is 12.3. The summed E-state index contributed by atoms with van der Waals surface area (Å²) in [5, 5.41) is 2.60. The molecule has 6 nitrogen and oxygen atoms in total. The number of nitrogens with zero attached hydrogens (tertiary/aromatic N) is 1. The average molecular weight is 368 g/mol. The molecular formula is C19H29FN2O4. The highest BCUT2D eigenvalue weighted by Crippen LogP contribution is 2.07. The highest BCUT2D eigenvalue weighted by Gasteiger charge is 2.18. The van der Waals surface area contributed by atoms with E-state index in [-0.39, 0.29) is 19.7 Å². The van der Waals surface area contributed by atoms with Crippen molar-refractivity contribution in [3.05, 3.63) is 35.9 Å². The minimum Gasteiger partial charge on any atom is -0.445 e. The van der Waals surface area contributed by atoms with Crippen molar-refractivity contribution in [3.8, 4) is 0 Å². The Hall–Kier alpha value is -2.31. The maximum Gasteiger partial charge on any atom is 0.410 e. The van der Waals surface area contributed by atoms with Crippen molar-refractivity contribution >= 4 is 12.2 Å². The smallest absolute Gasteiger partial charge is 0.410 e. The van der Waals surface area contributed by atoms with E-state index in [0.29, 0.717) is 19.4 Å². The molecule has 1 N–H and O–H groups in total. The van der Waals surface area contributed by atoms with Crippen LogP contribution in [0.2, 0.25) is 0 Å². The lowest BCUT2D eigenvalue weighted by Gasteiger charge is -2.23. The summed E-state index contributed by atoms with van der Waals surface area (Å²) < 4.78 is 22.8. The predicted octanol–water partition coefficient (Wildman–Crippen LogP) is 3.90. The van der Waals surface area contributed by atoms with Gasteiger partial charge < -0.3 is 19.7 Å². The van der Waals surface area contributed by atoms with Crippen LogP contribution in [0.4, 0.5) is 14.0 Å². The summed E-state index contributed by atoms with van der Waals surface area (Å²) in [4.78, 5) is 25.4. The van der Waals surface area contributed by atoms with E-state index in [9.17, 15) is 14.0 Å². The highest BCUT2D eigenvalue weighted by atomic mass is 19.1. The molecule has 0 heterocycles. The zero-order chi connectivity index (χ0) is 19.4. The van der Waals surface area contributed by atoms with Crippen molar-refractivity contribution in [1.82, 2.24) is 10.2 Å². The minimum absolute atomic E-state index is 0.165. The van der Waals surface area contributed by atoms with Crippen LogP contribution in [0, 0.1) is 0 Å². The number of carbonyl (C=O) groups is 2. The van der Waals surface area contributed by atoms with Gasteiger partial charge in [-0.15, -0.1) is 0 Å². The van der Waals surface area contributed by atoms with Crippen molar-refractivity contribution in [3.63, 3.8) is 0 Å². The van der Waals surface area contributed by atoms with Gasteiger partial charge >= 0.3 is 12.2 Å². The average Bonchev–Trinajstić information content (AvgIpc) is 2.58. The molecule has 146 valence electrons. The Bertz CT molecular complexity index is 546. The van der Waals surface area contributed by atoms with Gasteiger partial charge in [0.15, 0.2) is 0 Å². The summed E-state index contributed by atoms with van der Waals surface area (Å²) >= 11 is 0. The molecule has 2 amide bonds. The monoisotopic (exact) mass is 368 g/mol. The van der Waals surface area contributed by atoms with Crippen LogP contribution in [0.3, 0.4) is 0 Å². The Morgan fingerprint density at radius 2 is 1.81 bits per heavy atom. The van der Waals surface area contributed by atoms with Crippen molar-refractivity contribution < 1.29 is 23.5 Å². The van der Waals surface area contributed by atoms with Crippen LogP contribution >= 0.6 is 0 Å². The number of hydrogen-bond donors (Lipinski definition) is 1. The molecule has 0 fully saturated rings. The van der Waals surface area contributed by atoms with Gasteiger partial charge in [0.05, 0.1) is 6.67 Å². The Kier molecular flexibility index (Phi) is 9.47. The maximum absolute atomic E-state index is 12.3. The van der Waals surface area contributed by atoms with Gasteiger partial charge in [-0.2, -0.15) is 0 Å². The molecule has 7 heteroatoms. The third-order valence-corrected chi connectivity index (χ3v) is 3.32. The third-order valence-electron chi connectivity index (χ3n) is 3.32. The summed E-state index contributed by atoms with van der Waals surface area (Å²) in [7, 11) is 0. The molecule has 0 spiro atoms. The molecule has 0 aromatic heterocycles. The highest BCUT2D eigenvalue weighted by molar-refractivity contribution is 5.69. The van der Waals surface area contributed by atoms with E-state index >= 15 is 0 Å². The summed E-state index contributed by atoms with van der Waals surface area (Å²) in [5.41, 5.74) is 0.302. The topological polar surface area (TPSA) is 67.9 Å². The first kappa shape index (κ1) is 21.7. The second-order valence-corrected chi connectivity index (χ2v) is 6.85. The number of carbonyl (C=O) groups excluding carboxylic acids is 2. The summed E-state index contributed by atoms with van der Waals surface area (Å²) in [5.74, 6) is 0. The van der Waals surface area contributed by atoms with Crippen LogP contribution in [0.1, 0.15) is 39.2 Å². The standard InChI is InChI=1S/C19H29FN2O4/c1-19(2,3)26-17(23)21-12-14-22(13-8-7-11-20)18(24)25-15-16-9-5-4-6-10-16/h4-6,9-10H,7-8,11-15H2,1-3H3,(H,21,23). The van der Waals surface area contributed by atoms with Gasteiger partial charge in [0, 0.05) is 19.6 Å². The first-order valence-electron chi connectivity index (χ1n) is 8.80. The molecule has 26 heavy (non-hydrogen) atoms. The lowest BCUT2D eigenvalue weighted by molar-refractivity contribution is 0.0514. The van der Waals surface area contributed by atoms with Crippen LogP contribution in [0.5, 0.6) is 0 Å². The molecular weight excluding hydrogens is 339 g/mol. The van der Waals surface area contributed by atoms with E-state index < -0.39 is 24.5 Å². The number of rotatable bonds is 9. The van der Waals surface area contributed by atoms with Gasteiger partial charge in [-0.1, -0.05) is 30.3 Å². The molecule has 1 rings (SSSR count). The van der Waals surface area contributed by atoms with Crippen LogP contribution < -0.4 is 5.32 Å². The normalized spacial score (nSPS) is 10.9. The number of alkyl carbamates (subject to hydrolysis) is 1. The molecule has 0 saturated heterocycles. The van der Waals surface area contributed by atoms with Crippen LogP contribution in [-0.2, 0) is 16.1 Å². The SMILES string of the molecule is CC(C)(C)OC(=O)NCCN(CCCCF)C(=O)OCc1ccccc1. The molecule has 0 unspecified atom stereocenters. The second-order valence-electron chi connectivity index (χ2n) is 6.85. The fraction of sp³-hybridized carbons (Fsp3) is 0.579. The van der Waals surface area contributed by atoms with Crippen molar-refractivity contribution in [2.75, 3.05) is 26.3 Å². The van der Waals surface area contributed by atoms with Crippen LogP contribution in [0.25, 0.3) is 0 Å². The molecule has 1 aromatic carbocycles. The lowest BCUT2D eigenvalue weighted by Crippen LogP contribution is -2.41. The van der Waals surface area contributed by atoms with Gasteiger partial charge in [0.2, 0.25) is 0 Å².